The number of rotatable bonds is 2. The Labute approximate surface area is 139 Å². The van der Waals surface area contributed by atoms with Crippen molar-refractivity contribution in [3.63, 3.8) is 0 Å². The van der Waals surface area contributed by atoms with Crippen LogP contribution >= 0.6 is 0 Å². The molecular formula is C22H40. The van der Waals surface area contributed by atoms with Crippen LogP contribution in [0.1, 0.15) is 105 Å². The van der Waals surface area contributed by atoms with E-state index < -0.39 is 0 Å². The van der Waals surface area contributed by atoms with Gasteiger partial charge in [0.25, 0.3) is 0 Å². The van der Waals surface area contributed by atoms with Crippen LogP contribution in [0.5, 0.6) is 0 Å². The van der Waals surface area contributed by atoms with Crippen molar-refractivity contribution >= 4 is 0 Å². The Morgan fingerprint density at radius 1 is 0.818 bits per heavy atom. The van der Waals surface area contributed by atoms with E-state index in [1.54, 1.807) is 32.1 Å². The highest BCUT2D eigenvalue weighted by Crippen LogP contribution is 2.56. The molecule has 3 aliphatic carbocycles. The molecule has 0 saturated heterocycles. The number of hydrogen-bond donors (Lipinski definition) is 0. The summed E-state index contributed by atoms with van der Waals surface area (Å²) in [4.78, 5) is 0. The lowest BCUT2D eigenvalue weighted by molar-refractivity contribution is -0.0109. The van der Waals surface area contributed by atoms with Crippen molar-refractivity contribution in [1.82, 2.24) is 0 Å². The van der Waals surface area contributed by atoms with Crippen molar-refractivity contribution in [2.45, 2.75) is 105 Å². The monoisotopic (exact) mass is 304 g/mol. The third-order valence-corrected chi connectivity index (χ3v) is 8.32. The van der Waals surface area contributed by atoms with Crippen LogP contribution in [0, 0.1) is 34.5 Å². The molecule has 3 saturated carbocycles. The molecule has 22 heavy (non-hydrogen) atoms. The standard InChI is InChI=1S/C22H40/c1-5-22(14-12-19(13-15-22)21(2,3)4)20-11-10-17-8-6-7-9-18(17)16-20/h17-20H,5-16H2,1-4H3. The van der Waals surface area contributed by atoms with Crippen LogP contribution < -0.4 is 0 Å². The topological polar surface area (TPSA) is 0 Å². The molecule has 0 aromatic carbocycles. The summed E-state index contributed by atoms with van der Waals surface area (Å²) in [5, 5.41) is 0. The van der Waals surface area contributed by atoms with E-state index in [0.29, 0.717) is 5.41 Å². The van der Waals surface area contributed by atoms with Gasteiger partial charge in [-0.2, -0.15) is 0 Å². The van der Waals surface area contributed by atoms with Crippen LogP contribution in [0.3, 0.4) is 0 Å². The molecule has 0 aromatic rings. The van der Waals surface area contributed by atoms with Gasteiger partial charge in [0, 0.05) is 0 Å². The van der Waals surface area contributed by atoms with Crippen molar-refractivity contribution in [2.75, 3.05) is 0 Å². The van der Waals surface area contributed by atoms with Crippen LogP contribution in [0.4, 0.5) is 0 Å². The fourth-order valence-electron chi connectivity index (χ4n) is 6.54. The van der Waals surface area contributed by atoms with Gasteiger partial charge in [-0.05, 0) is 79.4 Å². The molecule has 128 valence electrons. The summed E-state index contributed by atoms with van der Waals surface area (Å²) in [6.07, 6.45) is 18.4. The molecule has 0 heteroatoms. The van der Waals surface area contributed by atoms with Crippen molar-refractivity contribution in [3.8, 4) is 0 Å². The van der Waals surface area contributed by atoms with Gasteiger partial charge in [-0.3, -0.25) is 0 Å². The van der Waals surface area contributed by atoms with E-state index in [1.165, 1.54) is 44.9 Å². The maximum Gasteiger partial charge on any atom is -0.0271 e. The summed E-state index contributed by atoms with van der Waals surface area (Å²) in [6.45, 7) is 9.89. The molecule has 0 N–H and O–H groups in total. The second kappa shape index (κ2) is 6.48. The Balaban J connectivity index is 1.64. The summed E-state index contributed by atoms with van der Waals surface area (Å²) < 4.78 is 0. The molecule has 0 nitrogen and oxygen atoms in total. The second-order valence-corrected chi connectivity index (χ2v) is 10.2. The molecule has 0 radical (unpaired) electrons. The minimum absolute atomic E-state index is 0.529. The van der Waals surface area contributed by atoms with E-state index in [4.69, 9.17) is 0 Å². The van der Waals surface area contributed by atoms with Crippen molar-refractivity contribution in [2.24, 2.45) is 34.5 Å². The second-order valence-electron chi connectivity index (χ2n) is 10.2. The third-order valence-electron chi connectivity index (χ3n) is 8.32. The van der Waals surface area contributed by atoms with Crippen LogP contribution in [0.2, 0.25) is 0 Å². The largest absolute Gasteiger partial charge is 0.0648 e. The lowest BCUT2D eigenvalue weighted by Gasteiger charge is -2.52. The minimum atomic E-state index is 0.529. The normalized spacial score (nSPS) is 43.6. The maximum absolute atomic E-state index is 2.50. The van der Waals surface area contributed by atoms with Gasteiger partial charge >= 0.3 is 0 Å². The van der Waals surface area contributed by atoms with E-state index in [0.717, 1.165) is 29.1 Å². The highest BCUT2D eigenvalue weighted by molar-refractivity contribution is 4.96. The van der Waals surface area contributed by atoms with Crippen molar-refractivity contribution in [1.29, 1.82) is 0 Å². The molecule has 3 rings (SSSR count). The van der Waals surface area contributed by atoms with Gasteiger partial charge in [-0.25, -0.2) is 0 Å². The molecular weight excluding hydrogens is 264 g/mol. The Morgan fingerprint density at radius 2 is 1.45 bits per heavy atom. The van der Waals surface area contributed by atoms with Gasteiger partial charge in [0.1, 0.15) is 0 Å². The quantitative estimate of drug-likeness (QED) is 0.505. The zero-order chi connectivity index (χ0) is 15.8. The van der Waals surface area contributed by atoms with Gasteiger partial charge in [0.2, 0.25) is 0 Å². The lowest BCUT2D eigenvalue weighted by Crippen LogP contribution is -2.41. The van der Waals surface area contributed by atoms with Crippen LogP contribution in [-0.2, 0) is 0 Å². The first-order valence-electron chi connectivity index (χ1n) is 10.4. The molecule has 3 atom stereocenters. The Morgan fingerprint density at radius 3 is 2.05 bits per heavy atom. The first-order chi connectivity index (χ1) is 10.4. The average molecular weight is 305 g/mol. The van der Waals surface area contributed by atoms with E-state index in [2.05, 4.69) is 27.7 Å². The Kier molecular flexibility index (Phi) is 4.96. The zero-order valence-corrected chi connectivity index (χ0v) is 15.8. The summed E-state index contributed by atoms with van der Waals surface area (Å²) >= 11 is 0. The van der Waals surface area contributed by atoms with Gasteiger partial charge < -0.3 is 0 Å². The fourth-order valence-corrected chi connectivity index (χ4v) is 6.54. The average Bonchev–Trinajstić information content (AvgIpc) is 2.53. The van der Waals surface area contributed by atoms with Gasteiger partial charge in [0.05, 0.1) is 0 Å². The molecule has 3 unspecified atom stereocenters. The van der Waals surface area contributed by atoms with Crippen molar-refractivity contribution < 1.29 is 0 Å². The number of fused-ring (bicyclic) bond motifs is 1. The smallest absolute Gasteiger partial charge is 0.0271 e. The fraction of sp³-hybridized carbons (Fsp3) is 1.00. The molecule has 0 bridgehead atoms. The Bertz CT molecular complexity index is 353. The maximum atomic E-state index is 2.50. The van der Waals surface area contributed by atoms with Crippen LogP contribution in [0.15, 0.2) is 0 Å². The highest BCUT2D eigenvalue weighted by Gasteiger charge is 2.45. The minimum Gasteiger partial charge on any atom is -0.0648 e. The van der Waals surface area contributed by atoms with Crippen LogP contribution in [-0.4, -0.2) is 0 Å². The zero-order valence-electron chi connectivity index (χ0n) is 15.8. The molecule has 0 spiro atoms. The van der Waals surface area contributed by atoms with Crippen LogP contribution in [0.25, 0.3) is 0 Å². The molecule has 3 aliphatic rings. The first-order valence-corrected chi connectivity index (χ1v) is 10.4. The first kappa shape index (κ1) is 16.8. The van der Waals surface area contributed by atoms with Crippen molar-refractivity contribution in [3.05, 3.63) is 0 Å². The predicted octanol–water partition coefficient (Wildman–Crippen LogP) is 7.23. The molecule has 0 aliphatic heterocycles. The molecule has 0 amide bonds. The summed E-state index contributed by atoms with van der Waals surface area (Å²) in [5.74, 6) is 4.26. The van der Waals surface area contributed by atoms with E-state index in [-0.39, 0.29) is 0 Å². The summed E-state index contributed by atoms with van der Waals surface area (Å²) in [6, 6.07) is 0. The highest BCUT2D eigenvalue weighted by atomic mass is 14.5. The lowest BCUT2D eigenvalue weighted by atomic mass is 9.53. The SMILES string of the molecule is CCC1(C2CCC3CCCCC3C2)CCC(C(C)(C)C)CC1. The van der Waals surface area contributed by atoms with E-state index in [9.17, 15) is 0 Å². The van der Waals surface area contributed by atoms with E-state index >= 15 is 0 Å². The molecule has 0 aromatic heterocycles. The Hall–Kier alpha value is 0. The van der Waals surface area contributed by atoms with Gasteiger partial charge in [0.15, 0.2) is 0 Å². The summed E-state index contributed by atoms with van der Waals surface area (Å²) in [5.41, 5.74) is 1.26. The van der Waals surface area contributed by atoms with Gasteiger partial charge in [-0.15, -0.1) is 0 Å². The molecule has 3 fully saturated rings. The van der Waals surface area contributed by atoms with E-state index in [1.807, 2.05) is 0 Å². The number of hydrogen-bond acceptors (Lipinski definition) is 0. The predicted molar refractivity (Wildman–Crippen MR) is 96.9 cm³/mol. The van der Waals surface area contributed by atoms with Gasteiger partial charge in [-0.1, -0.05) is 59.8 Å². The molecule has 0 heterocycles. The third kappa shape index (κ3) is 3.27. The summed E-state index contributed by atoms with van der Waals surface area (Å²) in [7, 11) is 0.